The second-order valence-corrected chi connectivity index (χ2v) is 4.86. The van der Waals surface area contributed by atoms with Crippen LogP contribution in [-0.2, 0) is 9.53 Å². The first kappa shape index (κ1) is 14.6. The van der Waals surface area contributed by atoms with Crippen molar-refractivity contribution in [3.63, 3.8) is 0 Å². The fourth-order valence-electron chi connectivity index (χ4n) is 1.95. The topological polar surface area (TPSA) is 93.4 Å². The highest BCUT2D eigenvalue weighted by Gasteiger charge is 2.23. The van der Waals surface area contributed by atoms with E-state index in [9.17, 15) is 4.79 Å². The van der Waals surface area contributed by atoms with Gasteiger partial charge in [0.15, 0.2) is 5.82 Å². The lowest BCUT2D eigenvalue weighted by molar-refractivity contribution is -0.135. The molecule has 1 aromatic heterocycles. The molecule has 0 radical (unpaired) electrons. The van der Waals surface area contributed by atoms with Gasteiger partial charge in [-0.25, -0.2) is 9.97 Å². The molecule has 0 bridgehead atoms. The summed E-state index contributed by atoms with van der Waals surface area (Å²) in [4.78, 5) is 22.4. The lowest BCUT2D eigenvalue weighted by atomic mass is 10.2. The number of carbonyl (C=O) groups excluding carboxylic acids is 1. The summed E-state index contributed by atoms with van der Waals surface area (Å²) in [6, 6.07) is -0.433. The molecule has 2 heterocycles. The number of aromatic nitrogens is 2. The van der Waals surface area contributed by atoms with Gasteiger partial charge in [-0.15, -0.1) is 0 Å². The van der Waals surface area contributed by atoms with Crippen molar-refractivity contribution in [3.05, 3.63) is 18.1 Å². The number of hydrogen-bond donors (Lipinski definition) is 2. The van der Waals surface area contributed by atoms with Crippen LogP contribution in [0.2, 0.25) is 0 Å². The molecule has 1 aromatic rings. The van der Waals surface area contributed by atoms with Gasteiger partial charge >= 0.3 is 0 Å². The van der Waals surface area contributed by atoms with E-state index in [1.165, 1.54) is 12.4 Å². The molecule has 0 aromatic carbocycles. The van der Waals surface area contributed by atoms with Gasteiger partial charge in [0.05, 0.1) is 13.2 Å². The Morgan fingerprint density at radius 3 is 2.75 bits per heavy atom. The van der Waals surface area contributed by atoms with Crippen molar-refractivity contribution < 1.29 is 9.53 Å². The Bertz CT molecular complexity index is 504. The highest BCUT2D eigenvalue weighted by Crippen LogP contribution is 2.11. The highest BCUT2D eigenvalue weighted by molar-refractivity contribution is 7.80. The number of amides is 1. The summed E-state index contributed by atoms with van der Waals surface area (Å²) in [6.45, 7) is 4.13. The number of thiocarbonyl (C=S) groups is 1. The summed E-state index contributed by atoms with van der Waals surface area (Å²) in [7, 11) is 0. The first-order valence-corrected chi connectivity index (χ1v) is 6.74. The SMILES string of the molecule is CC(Nc1nccnc1C(N)=S)C(=O)N1CCOCC1. The van der Waals surface area contributed by atoms with Gasteiger partial charge in [-0.3, -0.25) is 4.79 Å². The molecule has 8 heteroatoms. The number of carbonyl (C=O) groups is 1. The van der Waals surface area contributed by atoms with Gasteiger partial charge in [-0.05, 0) is 6.92 Å². The van der Waals surface area contributed by atoms with Crippen LogP contribution >= 0.6 is 12.2 Å². The van der Waals surface area contributed by atoms with Crippen LogP contribution in [0, 0.1) is 0 Å². The molecule has 0 aliphatic carbocycles. The molecule has 7 nitrogen and oxygen atoms in total. The van der Waals surface area contributed by atoms with Crippen molar-refractivity contribution in [1.29, 1.82) is 0 Å². The number of ether oxygens (including phenoxy) is 1. The monoisotopic (exact) mass is 295 g/mol. The van der Waals surface area contributed by atoms with E-state index in [2.05, 4.69) is 15.3 Å². The maximum absolute atomic E-state index is 12.3. The van der Waals surface area contributed by atoms with E-state index < -0.39 is 6.04 Å². The molecule has 1 fully saturated rings. The number of rotatable bonds is 4. The average Bonchev–Trinajstić information content (AvgIpc) is 2.47. The van der Waals surface area contributed by atoms with E-state index in [0.717, 1.165) is 0 Å². The third-order valence-electron chi connectivity index (χ3n) is 2.98. The smallest absolute Gasteiger partial charge is 0.244 e. The second kappa shape index (κ2) is 6.58. The van der Waals surface area contributed by atoms with Gasteiger partial charge in [-0.1, -0.05) is 12.2 Å². The van der Waals surface area contributed by atoms with E-state index in [1.54, 1.807) is 11.8 Å². The number of morpholine rings is 1. The minimum Gasteiger partial charge on any atom is -0.388 e. The molecular weight excluding hydrogens is 278 g/mol. The standard InChI is InChI=1S/C12H17N5O2S/c1-8(12(18)17-4-6-19-7-5-17)16-11-9(10(13)20)14-2-3-15-11/h2-3,8H,4-7H2,1H3,(H2,13,20)(H,15,16). The molecule has 1 aliphatic heterocycles. The number of anilines is 1. The number of nitrogens with zero attached hydrogens (tertiary/aromatic N) is 3. The van der Waals surface area contributed by atoms with Crippen LogP contribution in [0.3, 0.4) is 0 Å². The minimum absolute atomic E-state index is 0.00663. The van der Waals surface area contributed by atoms with Crippen molar-refractivity contribution in [3.8, 4) is 0 Å². The molecule has 1 unspecified atom stereocenters. The molecule has 1 amide bonds. The van der Waals surface area contributed by atoms with Crippen molar-refractivity contribution in [1.82, 2.24) is 14.9 Å². The fourth-order valence-corrected chi connectivity index (χ4v) is 2.10. The Morgan fingerprint density at radius 2 is 2.10 bits per heavy atom. The summed E-state index contributed by atoms with van der Waals surface area (Å²) in [5.41, 5.74) is 5.98. The molecule has 0 saturated carbocycles. The third-order valence-corrected chi connectivity index (χ3v) is 3.17. The normalized spacial score (nSPS) is 16.6. The molecule has 0 spiro atoms. The van der Waals surface area contributed by atoms with Crippen molar-refractivity contribution >= 4 is 28.9 Å². The number of hydrogen-bond acceptors (Lipinski definition) is 6. The van der Waals surface area contributed by atoms with Gasteiger partial charge < -0.3 is 20.7 Å². The fraction of sp³-hybridized carbons (Fsp3) is 0.500. The summed E-state index contributed by atoms with van der Waals surface area (Å²) in [5.74, 6) is 0.418. The van der Waals surface area contributed by atoms with Crippen LogP contribution < -0.4 is 11.1 Å². The zero-order chi connectivity index (χ0) is 14.5. The van der Waals surface area contributed by atoms with Gasteiger partial charge in [-0.2, -0.15) is 0 Å². The molecule has 108 valence electrons. The number of nitrogens with one attached hydrogen (secondary N) is 1. The van der Waals surface area contributed by atoms with Gasteiger partial charge in [0.2, 0.25) is 5.91 Å². The lowest BCUT2D eigenvalue weighted by Gasteiger charge is -2.29. The van der Waals surface area contributed by atoms with Crippen LogP contribution in [0.1, 0.15) is 12.6 Å². The van der Waals surface area contributed by atoms with E-state index >= 15 is 0 Å². The van der Waals surface area contributed by atoms with Crippen LogP contribution in [0.4, 0.5) is 5.82 Å². The average molecular weight is 295 g/mol. The van der Waals surface area contributed by atoms with E-state index in [4.69, 9.17) is 22.7 Å². The van der Waals surface area contributed by atoms with Crippen LogP contribution in [0.15, 0.2) is 12.4 Å². The summed E-state index contributed by atoms with van der Waals surface area (Å²) >= 11 is 4.92. The summed E-state index contributed by atoms with van der Waals surface area (Å²) in [5, 5.41) is 3.02. The summed E-state index contributed by atoms with van der Waals surface area (Å²) in [6.07, 6.45) is 3.03. The Hall–Kier alpha value is -1.80. The zero-order valence-electron chi connectivity index (χ0n) is 11.2. The maximum atomic E-state index is 12.3. The van der Waals surface area contributed by atoms with Gasteiger partial charge in [0, 0.05) is 25.5 Å². The van der Waals surface area contributed by atoms with Crippen LogP contribution in [0.25, 0.3) is 0 Å². The zero-order valence-corrected chi connectivity index (χ0v) is 12.0. The quantitative estimate of drug-likeness (QED) is 0.741. The Labute approximate surface area is 122 Å². The lowest BCUT2D eigenvalue weighted by Crippen LogP contribution is -2.47. The minimum atomic E-state index is -0.433. The van der Waals surface area contributed by atoms with E-state index in [1.807, 2.05) is 0 Å². The van der Waals surface area contributed by atoms with Crippen molar-refractivity contribution in [2.24, 2.45) is 5.73 Å². The van der Waals surface area contributed by atoms with Crippen molar-refractivity contribution in [2.45, 2.75) is 13.0 Å². The Balaban J connectivity index is 2.05. The largest absolute Gasteiger partial charge is 0.388 e. The van der Waals surface area contributed by atoms with Gasteiger partial charge in [0.1, 0.15) is 16.7 Å². The van der Waals surface area contributed by atoms with Crippen LogP contribution in [0.5, 0.6) is 0 Å². The first-order valence-electron chi connectivity index (χ1n) is 6.33. The molecule has 2 rings (SSSR count). The Morgan fingerprint density at radius 1 is 1.45 bits per heavy atom. The first-order chi connectivity index (χ1) is 9.59. The maximum Gasteiger partial charge on any atom is 0.244 e. The molecule has 1 aliphatic rings. The molecule has 1 atom stereocenters. The predicted molar refractivity (Wildman–Crippen MR) is 78.4 cm³/mol. The molecule has 1 saturated heterocycles. The predicted octanol–water partition coefficient (Wildman–Crippen LogP) is -0.230. The second-order valence-electron chi connectivity index (χ2n) is 4.42. The van der Waals surface area contributed by atoms with Gasteiger partial charge in [0.25, 0.3) is 0 Å². The summed E-state index contributed by atoms with van der Waals surface area (Å²) < 4.78 is 5.23. The number of nitrogens with two attached hydrogens (primary N) is 1. The molecular formula is C12H17N5O2S. The van der Waals surface area contributed by atoms with E-state index in [-0.39, 0.29) is 10.9 Å². The van der Waals surface area contributed by atoms with Crippen molar-refractivity contribution in [2.75, 3.05) is 31.6 Å². The third kappa shape index (κ3) is 3.40. The van der Waals surface area contributed by atoms with E-state index in [0.29, 0.717) is 37.8 Å². The van der Waals surface area contributed by atoms with Crippen LogP contribution in [-0.4, -0.2) is 58.1 Å². The molecule has 3 N–H and O–H groups in total. The Kier molecular flexibility index (Phi) is 4.80. The molecule has 20 heavy (non-hydrogen) atoms. The highest BCUT2D eigenvalue weighted by atomic mass is 32.1.